The van der Waals surface area contributed by atoms with Crippen LogP contribution in [0.15, 0.2) is 30.3 Å². The summed E-state index contributed by atoms with van der Waals surface area (Å²) in [6.45, 7) is 1.84. The SMILES string of the molecule is OCC1(Cc2ccccc2)CCOCC1. The highest BCUT2D eigenvalue weighted by molar-refractivity contribution is 5.16. The normalized spacial score (nSPS) is 20.1. The van der Waals surface area contributed by atoms with Crippen molar-refractivity contribution < 1.29 is 9.84 Å². The van der Waals surface area contributed by atoms with Gasteiger partial charge in [-0.15, -0.1) is 0 Å². The lowest BCUT2D eigenvalue weighted by Gasteiger charge is -2.35. The fourth-order valence-corrected chi connectivity index (χ4v) is 2.22. The molecule has 1 aromatic rings. The second-order valence-electron chi connectivity index (χ2n) is 4.43. The molecule has 0 bridgehead atoms. The van der Waals surface area contributed by atoms with Crippen molar-refractivity contribution in [2.24, 2.45) is 5.41 Å². The molecule has 1 fully saturated rings. The van der Waals surface area contributed by atoms with Crippen molar-refractivity contribution in [3.63, 3.8) is 0 Å². The summed E-state index contributed by atoms with van der Waals surface area (Å²) in [7, 11) is 0. The molecule has 1 aliphatic rings. The first-order valence-electron chi connectivity index (χ1n) is 5.57. The Balaban J connectivity index is 2.07. The first kappa shape index (κ1) is 10.7. The quantitative estimate of drug-likeness (QED) is 0.820. The van der Waals surface area contributed by atoms with Gasteiger partial charge in [0.15, 0.2) is 0 Å². The maximum absolute atomic E-state index is 9.55. The first-order valence-corrected chi connectivity index (χ1v) is 5.57. The molecular weight excluding hydrogens is 188 g/mol. The summed E-state index contributed by atoms with van der Waals surface area (Å²) in [4.78, 5) is 0. The van der Waals surface area contributed by atoms with Crippen molar-refractivity contribution in [3.05, 3.63) is 35.9 Å². The van der Waals surface area contributed by atoms with E-state index in [1.807, 2.05) is 6.07 Å². The van der Waals surface area contributed by atoms with Crippen LogP contribution in [0.4, 0.5) is 0 Å². The molecule has 0 unspecified atom stereocenters. The van der Waals surface area contributed by atoms with Gasteiger partial charge >= 0.3 is 0 Å². The van der Waals surface area contributed by atoms with Gasteiger partial charge in [-0.25, -0.2) is 0 Å². The summed E-state index contributed by atoms with van der Waals surface area (Å²) in [6, 6.07) is 10.4. The molecule has 2 nitrogen and oxygen atoms in total. The molecule has 1 saturated heterocycles. The van der Waals surface area contributed by atoms with Crippen LogP contribution in [0.5, 0.6) is 0 Å². The molecule has 15 heavy (non-hydrogen) atoms. The van der Waals surface area contributed by atoms with E-state index in [4.69, 9.17) is 4.74 Å². The average molecular weight is 206 g/mol. The number of ether oxygens (including phenoxy) is 1. The molecule has 0 radical (unpaired) electrons. The zero-order valence-corrected chi connectivity index (χ0v) is 8.98. The summed E-state index contributed by atoms with van der Waals surface area (Å²) in [5.41, 5.74) is 1.37. The van der Waals surface area contributed by atoms with Crippen LogP contribution in [0.2, 0.25) is 0 Å². The molecule has 1 aromatic carbocycles. The minimum Gasteiger partial charge on any atom is -0.396 e. The molecule has 1 N–H and O–H groups in total. The van der Waals surface area contributed by atoms with Crippen LogP contribution >= 0.6 is 0 Å². The maximum Gasteiger partial charge on any atom is 0.0492 e. The molecule has 0 atom stereocenters. The van der Waals surface area contributed by atoms with Gasteiger partial charge in [-0.2, -0.15) is 0 Å². The molecule has 0 aliphatic carbocycles. The zero-order chi connectivity index (χ0) is 10.6. The van der Waals surface area contributed by atoms with Crippen molar-refractivity contribution in [1.82, 2.24) is 0 Å². The minimum absolute atomic E-state index is 0.0552. The summed E-state index contributed by atoms with van der Waals surface area (Å²) < 4.78 is 5.35. The molecule has 0 amide bonds. The third-order valence-corrected chi connectivity index (χ3v) is 3.31. The maximum atomic E-state index is 9.55. The molecule has 2 rings (SSSR count). The van der Waals surface area contributed by atoms with E-state index < -0.39 is 0 Å². The van der Waals surface area contributed by atoms with Gasteiger partial charge in [0.1, 0.15) is 0 Å². The molecule has 1 heterocycles. The topological polar surface area (TPSA) is 29.5 Å². The van der Waals surface area contributed by atoms with Gasteiger partial charge in [-0.1, -0.05) is 30.3 Å². The number of hydrogen-bond donors (Lipinski definition) is 1. The van der Waals surface area contributed by atoms with Gasteiger partial charge in [0.25, 0.3) is 0 Å². The van der Waals surface area contributed by atoms with Crippen molar-refractivity contribution in [1.29, 1.82) is 0 Å². The van der Waals surface area contributed by atoms with Gasteiger partial charge in [0.2, 0.25) is 0 Å². The Morgan fingerprint density at radius 2 is 1.80 bits per heavy atom. The Hall–Kier alpha value is -0.860. The number of benzene rings is 1. The van der Waals surface area contributed by atoms with Crippen LogP contribution in [0.3, 0.4) is 0 Å². The van der Waals surface area contributed by atoms with Gasteiger partial charge in [0.05, 0.1) is 0 Å². The Morgan fingerprint density at radius 1 is 1.13 bits per heavy atom. The van der Waals surface area contributed by atoms with Crippen molar-refractivity contribution in [2.45, 2.75) is 19.3 Å². The number of aliphatic hydroxyl groups is 1. The van der Waals surface area contributed by atoms with E-state index in [1.54, 1.807) is 0 Å². The van der Waals surface area contributed by atoms with Gasteiger partial charge in [0, 0.05) is 25.2 Å². The summed E-state index contributed by atoms with van der Waals surface area (Å²) in [6.07, 6.45) is 2.91. The Bertz CT molecular complexity index is 289. The molecular formula is C13H18O2. The van der Waals surface area contributed by atoms with E-state index in [-0.39, 0.29) is 12.0 Å². The molecule has 0 aromatic heterocycles. The first-order chi connectivity index (χ1) is 7.35. The Kier molecular flexibility index (Phi) is 3.39. The number of aliphatic hydroxyl groups excluding tert-OH is 1. The van der Waals surface area contributed by atoms with Gasteiger partial charge in [-0.3, -0.25) is 0 Å². The summed E-state index contributed by atoms with van der Waals surface area (Å²) in [5.74, 6) is 0. The standard InChI is InChI=1S/C13H18O2/c14-11-13(6-8-15-9-7-13)10-12-4-2-1-3-5-12/h1-5,14H,6-11H2. The predicted molar refractivity (Wildman–Crippen MR) is 59.7 cm³/mol. The summed E-state index contributed by atoms with van der Waals surface area (Å²) in [5, 5.41) is 9.55. The van der Waals surface area contributed by atoms with Crippen LogP contribution < -0.4 is 0 Å². The monoisotopic (exact) mass is 206 g/mol. The van der Waals surface area contributed by atoms with Crippen molar-refractivity contribution in [3.8, 4) is 0 Å². The molecule has 2 heteroatoms. The highest BCUT2D eigenvalue weighted by atomic mass is 16.5. The molecule has 1 aliphatic heterocycles. The van der Waals surface area contributed by atoms with E-state index in [0.29, 0.717) is 0 Å². The molecule has 82 valence electrons. The fraction of sp³-hybridized carbons (Fsp3) is 0.538. The van der Waals surface area contributed by atoms with Crippen LogP contribution in [-0.2, 0) is 11.2 Å². The average Bonchev–Trinajstić information content (AvgIpc) is 2.32. The van der Waals surface area contributed by atoms with E-state index in [9.17, 15) is 5.11 Å². The zero-order valence-electron chi connectivity index (χ0n) is 8.98. The minimum atomic E-state index is 0.0552. The number of rotatable bonds is 3. The lowest BCUT2D eigenvalue weighted by atomic mass is 9.76. The van der Waals surface area contributed by atoms with Crippen LogP contribution in [0.25, 0.3) is 0 Å². The van der Waals surface area contributed by atoms with Crippen LogP contribution in [0.1, 0.15) is 18.4 Å². The second kappa shape index (κ2) is 4.77. The lowest BCUT2D eigenvalue weighted by Crippen LogP contribution is -2.35. The third kappa shape index (κ3) is 2.58. The van der Waals surface area contributed by atoms with E-state index in [1.165, 1.54) is 5.56 Å². The summed E-state index contributed by atoms with van der Waals surface area (Å²) >= 11 is 0. The second-order valence-corrected chi connectivity index (χ2v) is 4.43. The van der Waals surface area contributed by atoms with Crippen LogP contribution in [-0.4, -0.2) is 24.9 Å². The highest BCUT2D eigenvalue weighted by Gasteiger charge is 2.31. The third-order valence-electron chi connectivity index (χ3n) is 3.31. The van der Waals surface area contributed by atoms with Crippen molar-refractivity contribution >= 4 is 0 Å². The van der Waals surface area contributed by atoms with E-state index in [0.717, 1.165) is 32.5 Å². The Labute approximate surface area is 90.9 Å². The number of hydrogen-bond acceptors (Lipinski definition) is 2. The highest BCUT2D eigenvalue weighted by Crippen LogP contribution is 2.33. The molecule has 0 spiro atoms. The largest absolute Gasteiger partial charge is 0.396 e. The molecule has 0 saturated carbocycles. The van der Waals surface area contributed by atoms with Crippen molar-refractivity contribution in [2.75, 3.05) is 19.8 Å². The predicted octanol–water partition coefficient (Wildman–Crippen LogP) is 2.02. The van der Waals surface area contributed by atoms with Gasteiger partial charge in [-0.05, 0) is 24.8 Å². The van der Waals surface area contributed by atoms with Gasteiger partial charge < -0.3 is 9.84 Å². The van der Waals surface area contributed by atoms with Crippen LogP contribution in [0, 0.1) is 5.41 Å². The lowest BCUT2D eigenvalue weighted by molar-refractivity contribution is -0.0157. The van der Waals surface area contributed by atoms with E-state index in [2.05, 4.69) is 24.3 Å². The smallest absolute Gasteiger partial charge is 0.0492 e. The Morgan fingerprint density at radius 3 is 2.40 bits per heavy atom. The van der Waals surface area contributed by atoms with E-state index >= 15 is 0 Å². The fourth-order valence-electron chi connectivity index (χ4n) is 2.22.